The van der Waals surface area contributed by atoms with Gasteiger partial charge in [-0.3, -0.25) is 9.98 Å². The van der Waals surface area contributed by atoms with Crippen LogP contribution in [0.15, 0.2) is 41.5 Å². The molecule has 0 saturated heterocycles. The lowest BCUT2D eigenvalue weighted by Gasteiger charge is -2.03. The van der Waals surface area contributed by atoms with Gasteiger partial charge in [0.2, 0.25) is 0 Å². The van der Waals surface area contributed by atoms with Crippen LogP contribution in [0.25, 0.3) is 10.9 Å². The van der Waals surface area contributed by atoms with Gasteiger partial charge in [-0.1, -0.05) is 18.2 Å². The zero-order valence-electron chi connectivity index (χ0n) is 8.27. The van der Waals surface area contributed by atoms with Crippen molar-refractivity contribution < 1.29 is 0 Å². The van der Waals surface area contributed by atoms with Crippen LogP contribution in [0.1, 0.15) is 5.56 Å². The molecule has 1 N–H and O–H groups in total. The monoisotopic (exact) mass is 197 g/mol. The van der Waals surface area contributed by atoms with Gasteiger partial charge in [0.25, 0.3) is 0 Å². The summed E-state index contributed by atoms with van der Waals surface area (Å²) < 4.78 is 0. The maximum atomic E-state index is 4.40. The van der Waals surface area contributed by atoms with Gasteiger partial charge in [-0.25, -0.2) is 0 Å². The van der Waals surface area contributed by atoms with Crippen LogP contribution in [-0.4, -0.2) is 23.9 Å². The largest absolute Gasteiger partial charge is 0.368 e. The number of para-hydroxylation sites is 1. The van der Waals surface area contributed by atoms with Gasteiger partial charge in [-0.05, 0) is 12.1 Å². The summed E-state index contributed by atoms with van der Waals surface area (Å²) in [7, 11) is 0. The summed E-state index contributed by atoms with van der Waals surface area (Å²) >= 11 is 0. The standard InChI is InChI=1S/C12H11N3/c1-2-4-11-9(3-1)7-10(8-15-11)12-13-5-6-14-12/h1-4,7-8H,5-6H2,(H,13,14). The Labute approximate surface area is 87.9 Å². The fourth-order valence-electron chi connectivity index (χ4n) is 1.79. The van der Waals surface area contributed by atoms with Crippen LogP contribution in [0.5, 0.6) is 0 Å². The quantitative estimate of drug-likeness (QED) is 0.753. The van der Waals surface area contributed by atoms with Gasteiger partial charge in [-0.2, -0.15) is 0 Å². The number of nitrogens with zero attached hydrogens (tertiary/aromatic N) is 2. The highest BCUT2D eigenvalue weighted by atomic mass is 15.1. The molecule has 3 heteroatoms. The number of benzene rings is 1. The fourth-order valence-corrected chi connectivity index (χ4v) is 1.79. The highest BCUT2D eigenvalue weighted by Crippen LogP contribution is 2.13. The molecule has 2 aromatic rings. The number of amidine groups is 1. The molecule has 0 spiro atoms. The highest BCUT2D eigenvalue weighted by molar-refractivity contribution is 6.01. The van der Waals surface area contributed by atoms with Crippen LogP contribution in [-0.2, 0) is 0 Å². The topological polar surface area (TPSA) is 37.3 Å². The molecule has 0 radical (unpaired) electrons. The first-order chi connectivity index (χ1) is 7.43. The van der Waals surface area contributed by atoms with E-state index in [0.29, 0.717) is 0 Å². The van der Waals surface area contributed by atoms with Crippen molar-refractivity contribution in [2.24, 2.45) is 4.99 Å². The van der Waals surface area contributed by atoms with Gasteiger partial charge in [0.1, 0.15) is 5.84 Å². The van der Waals surface area contributed by atoms with Crippen molar-refractivity contribution in [1.29, 1.82) is 0 Å². The maximum absolute atomic E-state index is 4.40. The van der Waals surface area contributed by atoms with E-state index in [0.717, 1.165) is 35.4 Å². The number of rotatable bonds is 1. The number of aliphatic imine (C=N–C) groups is 1. The first kappa shape index (κ1) is 8.41. The Morgan fingerprint density at radius 3 is 3.00 bits per heavy atom. The molecule has 0 atom stereocenters. The van der Waals surface area contributed by atoms with Gasteiger partial charge in [-0.15, -0.1) is 0 Å². The van der Waals surface area contributed by atoms with Crippen molar-refractivity contribution in [1.82, 2.24) is 10.3 Å². The number of aromatic nitrogens is 1. The van der Waals surface area contributed by atoms with Crippen LogP contribution in [0, 0.1) is 0 Å². The summed E-state index contributed by atoms with van der Waals surface area (Å²) in [6, 6.07) is 10.2. The van der Waals surface area contributed by atoms with Crippen LogP contribution < -0.4 is 5.32 Å². The highest BCUT2D eigenvalue weighted by Gasteiger charge is 2.08. The van der Waals surface area contributed by atoms with E-state index in [2.05, 4.69) is 27.4 Å². The number of hydrogen-bond acceptors (Lipinski definition) is 3. The predicted molar refractivity (Wildman–Crippen MR) is 61.1 cm³/mol. The van der Waals surface area contributed by atoms with Crippen LogP contribution in [0.2, 0.25) is 0 Å². The minimum Gasteiger partial charge on any atom is -0.368 e. The fraction of sp³-hybridized carbons (Fsp3) is 0.167. The van der Waals surface area contributed by atoms with Crippen molar-refractivity contribution in [3.63, 3.8) is 0 Å². The zero-order valence-corrected chi connectivity index (χ0v) is 8.27. The second-order valence-electron chi connectivity index (χ2n) is 3.57. The third-order valence-corrected chi connectivity index (χ3v) is 2.54. The molecule has 1 aliphatic rings. The molecule has 0 fully saturated rings. The van der Waals surface area contributed by atoms with Crippen molar-refractivity contribution in [3.8, 4) is 0 Å². The molecule has 0 aliphatic carbocycles. The third kappa shape index (κ3) is 1.46. The van der Waals surface area contributed by atoms with E-state index in [9.17, 15) is 0 Å². The second-order valence-corrected chi connectivity index (χ2v) is 3.57. The maximum Gasteiger partial charge on any atom is 0.129 e. The van der Waals surface area contributed by atoms with E-state index in [1.165, 1.54) is 0 Å². The molecule has 2 heterocycles. The average Bonchev–Trinajstić information content (AvgIpc) is 2.82. The molecule has 0 bridgehead atoms. The first-order valence-corrected chi connectivity index (χ1v) is 5.07. The molecule has 3 rings (SSSR count). The zero-order chi connectivity index (χ0) is 10.1. The van der Waals surface area contributed by atoms with Crippen molar-refractivity contribution >= 4 is 16.7 Å². The van der Waals surface area contributed by atoms with Gasteiger partial charge < -0.3 is 5.32 Å². The van der Waals surface area contributed by atoms with Crippen molar-refractivity contribution in [2.75, 3.05) is 13.1 Å². The minimum absolute atomic E-state index is 0.863. The number of pyridine rings is 1. The van der Waals surface area contributed by atoms with E-state index in [1.54, 1.807) is 0 Å². The Kier molecular flexibility index (Phi) is 1.88. The Balaban J connectivity index is 2.13. The summed E-state index contributed by atoms with van der Waals surface area (Å²) in [5.74, 6) is 0.966. The van der Waals surface area contributed by atoms with E-state index >= 15 is 0 Å². The third-order valence-electron chi connectivity index (χ3n) is 2.54. The van der Waals surface area contributed by atoms with Crippen LogP contribution in [0.3, 0.4) is 0 Å². The molecular formula is C12H11N3. The molecule has 74 valence electrons. The average molecular weight is 197 g/mol. The Morgan fingerprint density at radius 2 is 2.13 bits per heavy atom. The lowest BCUT2D eigenvalue weighted by molar-refractivity contribution is 0.960. The predicted octanol–water partition coefficient (Wildman–Crippen LogP) is 1.58. The van der Waals surface area contributed by atoms with Crippen LogP contribution in [0.4, 0.5) is 0 Å². The molecule has 1 aliphatic heterocycles. The van der Waals surface area contributed by atoms with Gasteiger partial charge in [0, 0.05) is 23.7 Å². The molecule has 0 saturated carbocycles. The SMILES string of the molecule is c1ccc2ncc(C3=NCCN3)cc2c1. The molecule has 0 amide bonds. The lowest BCUT2D eigenvalue weighted by atomic mass is 10.1. The Hall–Kier alpha value is -1.90. The number of nitrogens with one attached hydrogen (secondary N) is 1. The molecule has 0 unspecified atom stereocenters. The van der Waals surface area contributed by atoms with E-state index in [-0.39, 0.29) is 0 Å². The van der Waals surface area contributed by atoms with Crippen molar-refractivity contribution in [3.05, 3.63) is 42.1 Å². The van der Waals surface area contributed by atoms with E-state index < -0.39 is 0 Å². The van der Waals surface area contributed by atoms with E-state index in [1.807, 2.05) is 24.4 Å². The van der Waals surface area contributed by atoms with E-state index in [4.69, 9.17) is 0 Å². The van der Waals surface area contributed by atoms with Crippen LogP contribution >= 0.6 is 0 Å². The summed E-state index contributed by atoms with van der Waals surface area (Å²) in [5, 5.41) is 4.41. The Bertz CT molecular complexity index is 531. The summed E-state index contributed by atoms with van der Waals surface area (Å²) in [6.45, 7) is 1.80. The summed E-state index contributed by atoms with van der Waals surface area (Å²) in [6.07, 6.45) is 1.87. The minimum atomic E-state index is 0.863. The van der Waals surface area contributed by atoms with Gasteiger partial charge >= 0.3 is 0 Å². The molecular weight excluding hydrogens is 186 g/mol. The molecule has 3 nitrogen and oxygen atoms in total. The number of fused-ring (bicyclic) bond motifs is 1. The second kappa shape index (κ2) is 3.35. The summed E-state index contributed by atoms with van der Waals surface area (Å²) in [4.78, 5) is 8.78. The lowest BCUT2D eigenvalue weighted by Crippen LogP contribution is -2.19. The van der Waals surface area contributed by atoms with Gasteiger partial charge in [0.15, 0.2) is 0 Å². The normalized spacial score (nSPS) is 15.1. The first-order valence-electron chi connectivity index (χ1n) is 5.07. The number of hydrogen-bond donors (Lipinski definition) is 1. The smallest absolute Gasteiger partial charge is 0.129 e. The molecule has 15 heavy (non-hydrogen) atoms. The Morgan fingerprint density at radius 1 is 1.20 bits per heavy atom. The van der Waals surface area contributed by atoms with Gasteiger partial charge in [0.05, 0.1) is 12.1 Å². The van der Waals surface area contributed by atoms with Crippen molar-refractivity contribution in [2.45, 2.75) is 0 Å². The molecule has 1 aromatic carbocycles. The molecule has 1 aromatic heterocycles. The summed E-state index contributed by atoms with van der Waals surface area (Å²) in [5.41, 5.74) is 2.10.